The molecule has 0 radical (unpaired) electrons. The molecule has 17 heavy (non-hydrogen) atoms. The molecule has 0 unspecified atom stereocenters. The van der Waals surface area contributed by atoms with Crippen molar-refractivity contribution in [2.75, 3.05) is 0 Å². The molecule has 0 heterocycles. The molecule has 0 aromatic rings. The van der Waals surface area contributed by atoms with Crippen LogP contribution in [0.15, 0.2) is 0 Å². The van der Waals surface area contributed by atoms with Crippen molar-refractivity contribution in [2.24, 2.45) is 0 Å². The Balaban J connectivity index is 4.39. The van der Waals surface area contributed by atoms with Gasteiger partial charge in [-0.05, 0) is 0 Å². The van der Waals surface area contributed by atoms with Gasteiger partial charge in [0.05, 0.1) is 0 Å². The van der Waals surface area contributed by atoms with E-state index >= 15 is 0 Å². The summed E-state index contributed by atoms with van der Waals surface area (Å²) in [6.07, 6.45) is 11.5. The molecule has 0 bridgehead atoms. The summed E-state index contributed by atoms with van der Waals surface area (Å²) in [5, 5.41) is 6.33. The van der Waals surface area contributed by atoms with Crippen LogP contribution in [-0.4, -0.2) is 0 Å². The average molecular weight is 287 g/mol. The van der Waals surface area contributed by atoms with Crippen LogP contribution < -0.4 is 0 Å². The Labute approximate surface area is 113 Å². The van der Waals surface area contributed by atoms with E-state index in [-0.39, 0.29) is 12.4 Å². The van der Waals surface area contributed by atoms with Crippen molar-refractivity contribution in [3.63, 3.8) is 0 Å². The third-order valence-corrected chi connectivity index (χ3v) is 8.79. The van der Waals surface area contributed by atoms with Crippen molar-refractivity contribution in [3.05, 3.63) is 0 Å². The Bertz CT molecular complexity index is 116. The summed E-state index contributed by atoms with van der Waals surface area (Å²) >= 11 is -0.364. The van der Waals surface area contributed by atoms with Crippen LogP contribution in [0.1, 0.15) is 79.1 Å². The van der Waals surface area contributed by atoms with Gasteiger partial charge in [0.25, 0.3) is 0 Å². The molecule has 0 atom stereocenters. The van der Waals surface area contributed by atoms with Gasteiger partial charge in [0.1, 0.15) is 0 Å². The summed E-state index contributed by atoms with van der Waals surface area (Å²) < 4.78 is 0. The molecule has 0 aromatic heterocycles. The van der Waals surface area contributed by atoms with E-state index in [1.54, 1.807) is 21.6 Å². The first-order valence-electron chi connectivity index (χ1n) is 7.72. The van der Waals surface area contributed by atoms with Crippen molar-refractivity contribution in [1.29, 1.82) is 0 Å². The molecule has 0 aliphatic rings. The van der Waals surface area contributed by atoms with E-state index in [1.165, 1.54) is 51.4 Å². The number of rotatable bonds is 12. The molecule has 0 aliphatic carbocycles. The van der Waals surface area contributed by atoms with E-state index in [1.807, 2.05) is 0 Å². The monoisotopic (exact) mass is 286 g/mol. The maximum absolute atomic E-state index is 2.35. The SMILES string of the molecule is CCC[CH2][Ni]([CH2]CCC)([CH2]CCC)[CH2]CCC. The van der Waals surface area contributed by atoms with Gasteiger partial charge in [0.2, 0.25) is 0 Å². The molecule has 0 saturated heterocycles. The third-order valence-electron chi connectivity index (χ3n) is 3.20. The zero-order chi connectivity index (χ0) is 13.0. The first-order valence-corrected chi connectivity index (χ1v) is 10.5. The van der Waals surface area contributed by atoms with Crippen molar-refractivity contribution in [1.82, 2.24) is 0 Å². The minimum absolute atomic E-state index is 0.364. The van der Waals surface area contributed by atoms with Crippen LogP contribution in [0.2, 0.25) is 21.6 Å². The molecule has 0 N–H and O–H groups in total. The summed E-state index contributed by atoms with van der Waals surface area (Å²) in [6, 6.07) is 0. The Hall–Kier alpha value is 0.494. The van der Waals surface area contributed by atoms with Crippen molar-refractivity contribution >= 4 is 0 Å². The predicted molar refractivity (Wildman–Crippen MR) is 78.9 cm³/mol. The van der Waals surface area contributed by atoms with E-state index in [0.29, 0.717) is 0 Å². The molecule has 0 saturated carbocycles. The molecular formula is C16H36Ni. The molecule has 0 spiro atoms. The van der Waals surface area contributed by atoms with Crippen molar-refractivity contribution in [3.8, 4) is 0 Å². The fraction of sp³-hybridized carbons (Fsp3) is 1.00. The molecule has 0 rings (SSSR count). The van der Waals surface area contributed by atoms with Crippen molar-refractivity contribution in [2.45, 2.75) is 101 Å². The maximum atomic E-state index is 2.35. The van der Waals surface area contributed by atoms with Gasteiger partial charge in [-0.15, -0.1) is 0 Å². The predicted octanol–water partition coefficient (Wildman–Crippen LogP) is 7.01. The molecule has 0 aromatic carbocycles. The van der Waals surface area contributed by atoms with Crippen LogP contribution in [0, 0.1) is 0 Å². The molecule has 0 fully saturated rings. The standard InChI is InChI=1S/4C4H9.Ni/c4*1-3-4-2;/h4*1,3-4H2,2H3;. The first-order chi connectivity index (χ1) is 8.24. The summed E-state index contributed by atoms with van der Waals surface area (Å²) in [5.41, 5.74) is 0. The second-order valence-corrected chi connectivity index (χ2v) is 9.93. The fourth-order valence-corrected chi connectivity index (χ4v) is 7.71. The van der Waals surface area contributed by atoms with Crippen LogP contribution in [0.4, 0.5) is 0 Å². The van der Waals surface area contributed by atoms with Crippen LogP contribution in [0.25, 0.3) is 0 Å². The quantitative estimate of drug-likeness (QED) is 0.338. The second-order valence-electron chi connectivity index (χ2n) is 5.00. The van der Waals surface area contributed by atoms with Gasteiger partial charge >= 0.3 is 113 Å². The Kier molecular flexibility index (Phi) is 11.9. The molecule has 0 aliphatic heterocycles. The average Bonchev–Trinajstić information content (AvgIpc) is 2.37. The molecular weight excluding hydrogens is 251 g/mol. The molecule has 0 nitrogen and oxygen atoms in total. The third kappa shape index (κ3) is 8.25. The van der Waals surface area contributed by atoms with E-state index in [2.05, 4.69) is 27.7 Å². The first kappa shape index (κ1) is 17.5. The molecule has 1 heteroatoms. The van der Waals surface area contributed by atoms with Gasteiger partial charge in [-0.3, -0.25) is 0 Å². The number of hydrogen-bond donors (Lipinski definition) is 0. The van der Waals surface area contributed by atoms with Gasteiger partial charge in [-0.2, -0.15) is 0 Å². The molecule has 110 valence electrons. The van der Waals surface area contributed by atoms with Crippen LogP contribution >= 0.6 is 0 Å². The van der Waals surface area contributed by atoms with Gasteiger partial charge in [0.15, 0.2) is 0 Å². The summed E-state index contributed by atoms with van der Waals surface area (Å²) in [4.78, 5) is 0. The van der Waals surface area contributed by atoms with Crippen molar-refractivity contribution < 1.29 is 12.4 Å². The number of unbranched alkanes of at least 4 members (excludes halogenated alkanes) is 4. The zero-order valence-corrected chi connectivity index (χ0v) is 13.8. The summed E-state index contributed by atoms with van der Waals surface area (Å²) in [6.45, 7) is 9.41. The van der Waals surface area contributed by atoms with E-state index in [4.69, 9.17) is 0 Å². The zero-order valence-electron chi connectivity index (χ0n) is 12.8. The number of hydrogen-bond acceptors (Lipinski definition) is 0. The summed E-state index contributed by atoms with van der Waals surface area (Å²) in [5.74, 6) is 0. The van der Waals surface area contributed by atoms with Gasteiger partial charge in [-0.1, -0.05) is 0 Å². The van der Waals surface area contributed by atoms with E-state index in [0.717, 1.165) is 0 Å². The Morgan fingerprint density at radius 3 is 0.882 bits per heavy atom. The van der Waals surface area contributed by atoms with Crippen LogP contribution in [-0.2, 0) is 12.4 Å². The van der Waals surface area contributed by atoms with E-state index < -0.39 is 0 Å². The van der Waals surface area contributed by atoms with Gasteiger partial charge in [0, 0.05) is 0 Å². The van der Waals surface area contributed by atoms with Gasteiger partial charge in [-0.25, -0.2) is 0 Å². The van der Waals surface area contributed by atoms with Crippen LogP contribution in [0.5, 0.6) is 0 Å². The summed E-state index contributed by atoms with van der Waals surface area (Å²) in [7, 11) is 0. The Morgan fingerprint density at radius 1 is 0.471 bits per heavy atom. The Morgan fingerprint density at radius 2 is 0.706 bits per heavy atom. The fourth-order valence-electron chi connectivity index (χ4n) is 1.87. The van der Waals surface area contributed by atoms with Gasteiger partial charge < -0.3 is 0 Å². The van der Waals surface area contributed by atoms with Crippen LogP contribution in [0.3, 0.4) is 0 Å². The van der Waals surface area contributed by atoms with E-state index in [9.17, 15) is 0 Å². The molecule has 0 amide bonds. The minimum atomic E-state index is -0.364. The second kappa shape index (κ2) is 11.6. The normalized spacial score (nSPS) is 12.9. The topological polar surface area (TPSA) is 0 Å².